The van der Waals surface area contributed by atoms with Gasteiger partial charge in [0.1, 0.15) is 6.07 Å². The second-order valence-electron chi connectivity index (χ2n) is 4.39. The standard InChI is InChI=1S/C14H11N5/c1-9-5-11(18-14(7-15)17-9)10-3-4-13-12(6-10)16-8-19(13)2/h3-6,8H,1-2H3. The SMILES string of the molecule is Cc1cc(-c2ccc3c(c2)ncn3C)nc(C#N)n1. The van der Waals surface area contributed by atoms with Crippen LogP contribution in [0, 0.1) is 18.3 Å². The average Bonchev–Trinajstić information content (AvgIpc) is 2.79. The van der Waals surface area contributed by atoms with Crippen LogP contribution in [0.25, 0.3) is 22.3 Å². The van der Waals surface area contributed by atoms with Gasteiger partial charge in [-0.3, -0.25) is 0 Å². The van der Waals surface area contributed by atoms with E-state index >= 15 is 0 Å². The summed E-state index contributed by atoms with van der Waals surface area (Å²) in [6.45, 7) is 1.85. The summed E-state index contributed by atoms with van der Waals surface area (Å²) in [6, 6.07) is 9.79. The van der Waals surface area contributed by atoms with Crippen molar-refractivity contribution in [3.63, 3.8) is 0 Å². The van der Waals surface area contributed by atoms with E-state index in [1.54, 1.807) is 6.33 Å². The van der Waals surface area contributed by atoms with Crippen LogP contribution >= 0.6 is 0 Å². The van der Waals surface area contributed by atoms with Crippen molar-refractivity contribution in [2.75, 3.05) is 0 Å². The molecular weight excluding hydrogens is 238 g/mol. The molecule has 0 atom stereocenters. The fourth-order valence-electron chi connectivity index (χ4n) is 2.06. The molecular formula is C14H11N5. The molecule has 0 radical (unpaired) electrons. The third kappa shape index (κ3) is 1.93. The molecule has 0 aliphatic carbocycles. The van der Waals surface area contributed by atoms with E-state index in [9.17, 15) is 0 Å². The van der Waals surface area contributed by atoms with E-state index in [1.807, 2.05) is 48.9 Å². The van der Waals surface area contributed by atoms with Crippen molar-refractivity contribution in [2.45, 2.75) is 6.92 Å². The number of fused-ring (bicyclic) bond motifs is 1. The van der Waals surface area contributed by atoms with E-state index in [2.05, 4.69) is 15.0 Å². The van der Waals surface area contributed by atoms with Gasteiger partial charge in [0.15, 0.2) is 0 Å². The van der Waals surface area contributed by atoms with E-state index in [-0.39, 0.29) is 5.82 Å². The number of nitrogens with zero attached hydrogens (tertiary/aromatic N) is 5. The van der Waals surface area contributed by atoms with E-state index < -0.39 is 0 Å². The zero-order valence-electron chi connectivity index (χ0n) is 10.6. The minimum atomic E-state index is 0.191. The molecule has 3 rings (SSSR count). The first-order valence-corrected chi connectivity index (χ1v) is 5.84. The van der Waals surface area contributed by atoms with E-state index in [0.717, 1.165) is 28.0 Å². The van der Waals surface area contributed by atoms with Crippen molar-refractivity contribution in [3.8, 4) is 17.3 Å². The highest BCUT2D eigenvalue weighted by Gasteiger charge is 2.07. The molecule has 3 aromatic rings. The van der Waals surface area contributed by atoms with E-state index in [4.69, 9.17) is 5.26 Å². The molecule has 2 heterocycles. The fourth-order valence-corrected chi connectivity index (χ4v) is 2.06. The van der Waals surface area contributed by atoms with Crippen molar-refractivity contribution >= 4 is 11.0 Å². The smallest absolute Gasteiger partial charge is 0.232 e. The summed E-state index contributed by atoms with van der Waals surface area (Å²) >= 11 is 0. The number of hydrogen-bond acceptors (Lipinski definition) is 4. The molecule has 0 spiro atoms. The molecule has 1 aromatic carbocycles. The predicted octanol–water partition coefficient (Wildman–Crippen LogP) is 2.21. The summed E-state index contributed by atoms with van der Waals surface area (Å²) < 4.78 is 1.96. The van der Waals surface area contributed by atoms with Crippen LogP contribution in [0.15, 0.2) is 30.6 Å². The van der Waals surface area contributed by atoms with Gasteiger partial charge in [0, 0.05) is 18.3 Å². The second kappa shape index (κ2) is 4.18. The van der Waals surface area contributed by atoms with Crippen LogP contribution in [0.4, 0.5) is 0 Å². The van der Waals surface area contributed by atoms with Crippen molar-refractivity contribution in [3.05, 3.63) is 42.1 Å². The fraction of sp³-hybridized carbons (Fsp3) is 0.143. The lowest BCUT2D eigenvalue weighted by atomic mass is 10.1. The van der Waals surface area contributed by atoms with Crippen molar-refractivity contribution in [1.82, 2.24) is 19.5 Å². The molecule has 5 nitrogen and oxygen atoms in total. The van der Waals surface area contributed by atoms with Gasteiger partial charge in [0.2, 0.25) is 5.82 Å². The molecule has 0 aliphatic rings. The summed E-state index contributed by atoms with van der Waals surface area (Å²) in [7, 11) is 1.96. The Morgan fingerprint density at radius 1 is 1.21 bits per heavy atom. The molecule has 5 heteroatoms. The maximum Gasteiger partial charge on any atom is 0.232 e. The Balaban J connectivity index is 2.19. The lowest BCUT2D eigenvalue weighted by Gasteiger charge is -2.03. The lowest BCUT2D eigenvalue weighted by Crippen LogP contribution is -1.95. The maximum atomic E-state index is 8.92. The van der Waals surface area contributed by atoms with Gasteiger partial charge in [0.25, 0.3) is 0 Å². The predicted molar refractivity (Wildman–Crippen MR) is 71.2 cm³/mol. The Kier molecular flexibility index (Phi) is 2.50. The largest absolute Gasteiger partial charge is 0.334 e. The quantitative estimate of drug-likeness (QED) is 0.663. The Morgan fingerprint density at radius 2 is 2.05 bits per heavy atom. The molecule has 92 valence electrons. The van der Waals surface area contributed by atoms with Gasteiger partial charge < -0.3 is 4.57 Å². The Hall–Kier alpha value is -2.74. The Labute approximate surface area is 110 Å². The van der Waals surface area contributed by atoms with Crippen LogP contribution < -0.4 is 0 Å². The molecule has 0 unspecified atom stereocenters. The zero-order chi connectivity index (χ0) is 13.4. The van der Waals surface area contributed by atoms with Crippen LogP contribution in [-0.2, 0) is 7.05 Å². The summed E-state index contributed by atoms with van der Waals surface area (Å²) in [5, 5.41) is 8.92. The molecule has 19 heavy (non-hydrogen) atoms. The second-order valence-corrected chi connectivity index (χ2v) is 4.39. The number of rotatable bonds is 1. The maximum absolute atomic E-state index is 8.92. The molecule has 0 amide bonds. The number of imidazole rings is 1. The van der Waals surface area contributed by atoms with Crippen molar-refractivity contribution < 1.29 is 0 Å². The highest BCUT2D eigenvalue weighted by molar-refractivity contribution is 5.81. The highest BCUT2D eigenvalue weighted by Crippen LogP contribution is 2.22. The molecule has 0 bridgehead atoms. The first-order chi connectivity index (χ1) is 9.17. The summed E-state index contributed by atoms with van der Waals surface area (Å²) in [5.41, 5.74) is 4.44. The molecule has 0 aliphatic heterocycles. The van der Waals surface area contributed by atoms with Crippen LogP contribution in [0.1, 0.15) is 11.5 Å². The number of aromatic nitrogens is 4. The third-order valence-corrected chi connectivity index (χ3v) is 2.98. The van der Waals surface area contributed by atoms with Crippen LogP contribution in [0.3, 0.4) is 0 Å². The first kappa shape index (κ1) is 11.4. The van der Waals surface area contributed by atoms with E-state index in [1.165, 1.54) is 0 Å². The molecule has 2 aromatic heterocycles. The molecule has 0 fully saturated rings. The molecule has 0 saturated heterocycles. The normalized spacial score (nSPS) is 10.6. The lowest BCUT2D eigenvalue weighted by molar-refractivity contribution is 0.948. The summed E-state index contributed by atoms with van der Waals surface area (Å²) in [6.07, 6.45) is 1.78. The van der Waals surface area contributed by atoms with Gasteiger partial charge in [-0.2, -0.15) is 5.26 Å². The Morgan fingerprint density at radius 3 is 2.84 bits per heavy atom. The van der Waals surface area contributed by atoms with E-state index in [0.29, 0.717) is 0 Å². The number of nitriles is 1. The van der Waals surface area contributed by atoms with Crippen molar-refractivity contribution in [2.24, 2.45) is 7.05 Å². The van der Waals surface area contributed by atoms with Crippen LogP contribution in [-0.4, -0.2) is 19.5 Å². The number of benzene rings is 1. The third-order valence-electron chi connectivity index (χ3n) is 2.98. The zero-order valence-corrected chi connectivity index (χ0v) is 10.6. The van der Waals surface area contributed by atoms with Crippen molar-refractivity contribution in [1.29, 1.82) is 5.26 Å². The first-order valence-electron chi connectivity index (χ1n) is 5.84. The van der Waals surface area contributed by atoms with Gasteiger partial charge in [-0.1, -0.05) is 6.07 Å². The topological polar surface area (TPSA) is 67.4 Å². The summed E-state index contributed by atoms with van der Waals surface area (Å²) in [4.78, 5) is 12.6. The van der Waals surface area contributed by atoms with Gasteiger partial charge in [-0.15, -0.1) is 0 Å². The molecule has 0 saturated carbocycles. The van der Waals surface area contributed by atoms with Gasteiger partial charge in [-0.05, 0) is 25.1 Å². The van der Waals surface area contributed by atoms with Crippen LogP contribution in [0.2, 0.25) is 0 Å². The Bertz CT molecular complexity index is 810. The average molecular weight is 249 g/mol. The minimum Gasteiger partial charge on any atom is -0.334 e. The van der Waals surface area contributed by atoms with Gasteiger partial charge in [0.05, 0.1) is 23.1 Å². The molecule has 0 N–H and O–H groups in total. The number of aryl methyl sites for hydroxylation is 2. The number of hydrogen-bond donors (Lipinski definition) is 0. The highest BCUT2D eigenvalue weighted by atomic mass is 15.0. The van der Waals surface area contributed by atoms with Crippen LogP contribution in [0.5, 0.6) is 0 Å². The summed E-state index contributed by atoms with van der Waals surface area (Å²) in [5.74, 6) is 0.191. The monoisotopic (exact) mass is 249 g/mol. The minimum absolute atomic E-state index is 0.191. The van der Waals surface area contributed by atoms with Gasteiger partial charge >= 0.3 is 0 Å². The van der Waals surface area contributed by atoms with Gasteiger partial charge in [-0.25, -0.2) is 15.0 Å².